The van der Waals surface area contributed by atoms with Gasteiger partial charge in [0.25, 0.3) is 0 Å². The second-order valence-corrected chi connectivity index (χ2v) is 5.09. The SMILES string of the molecule is C=CCNC(=NCc1cc(F)cc(OC)c1)NCCc1ccco1.I. The van der Waals surface area contributed by atoms with Gasteiger partial charge >= 0.3 is 0 Å². The van der Waals surface area contributed by atoms with E-state index in [1.165, 1.54) is 19.2 Å². The molecule has 0 unspecified atom stereocenters. The molecule has 25 heavy (non-hydrogen) atoms. The number of rotatable bonds is 8. The van der Waals surface area contributed by atoms with Crippen LogP contribution in [0.15, 0.2) is 58.7 Å². The van der Waals surface area contributed by atoms with Crippen LogP contribution in [0.5, 0.6) is 5.75 Å². The largest absolute Gasteiger partial charge is 0.497 e. The molecule has 0 aliphatic carbocycles. The number of furan rings is 1. The fourth-order valence-electron chi connectivity index (χ4n) is 2.10. The predicted molar refractivity (Wildman–Crippen MR) is 108 cm³/mol. The van der Waals surface area contributed by atoms with Gasteiger partial charge in [0.05, 0.1) is 19.9 Å². The Morgan fingerprint density at radius 2 is 2.20 bits per heavy atom. The van der Waals surface area contributed by atoms with Crippen LogP contribution < -0.4 is 15.4 Å². The number of ether oxygens (including phenoxy) is 1. The molecule has 1 aromatic heterocycles. The van der Waals surface area contributed by atoms with E-state index in [-0.39, 0.29) is 29.8 Å². The lowest BCUT2D eigenvalue weighted by Gasteiger charge is -2.11. The van der Waals surface area contributed by atoms with E-state index in [1.54, 1.807) is 18.4 Å². The van der Waals surface area contributed by atoms with Crippen molar-refractivity contribution in [2.45, 2.75) is 13.0 Å². The van der Waals surface area contributed by atoms with Gasteiger partial charge in [-0.15, -0.1) is 30.6 Å². The van der Waals surface area contributed by atoms with Crippen LogP contribution in [-0.4, -0.2) is 26.2 Å². The standard InChI is InChI=1S/C18H22FN3O2.HI/c1-3-7-20-18(21-8-6-16-5-4-9-24-16)22-13-14-10-15(19)12-17(11-14)23-2;/h3-5,9-12H,1,6-8,13H2,2H3,(H2,20,21,22);1H. The number of nitrogens with one attached hydrogen (secondary N) is 2. The third kappa shape index (κ3) is 7.59. The molecule has 136 valence electrons. The van der Waals surface area contributed by atoms with Crippen LogP contribution >= 0.6 is 24.0 Å². The molecule has 2 N–H and O–H groups in total. The van der Waals surface area contributed by atoms with Crippen molar-refractivity contribution in [1.82, 2.24) is 10.6 Å². The average Bonchev–Trinajstić information content (AvgIpc) is 3.09. The molecule has 0 spiro atoms. The van der Waals surface area contributed by atoms with Crippen molar-refractivity contribution in [2.24, 2.45) is 4.99 Å². The van der Waals surface area contributed by atoms with Gasteiger partial charge < -0.3 is 19.8 Å². The van der Waals surface area contributed by atoms with Gasteiger partial charge in [0.1, 0.15) is 17.3 Å². The van der Waals surface area contributed by atoms with E-state index in [2.05, 4.69) is 22.2 Å². The van der Waals surface area contributed by atoms with Crippen molar-refractivity contribution in [1.29, 1.82) is 0 Å². The summed E-state index contributed by atoms with van der Waals surface area (Å²) >= 11 is 0. The van der Waals surface area contributed by atoms with E-state index >= 15 is 0 Å². The molecule has 0 saturated heterocycles. The quantitative estimate of drug-likeness (QED) is 0.275. The van der Waals surface area contributed by atoms with Crippen LogP contribution in [-0.2, 0) is 13.0 Å². The Morgan fingerprint density at radius 3 is 2.88 bits per heavy atom. The van der Waals surface area contributed by atoms with Crippen LogP contribution in [0.2, 0.25) is 0 Å². The maximum Gasteiger partial charge on any atom is 0.191 e. The molecule has 1 aromatic carbocycles. The van der Waals surface area contributed by atoms with Gasteiger partial charge in [-0.3, -0.25) is 0 Å². The zero-order chi connectivity index (χ0) is 17.2. The van der Waals surface area contributed by atoms with E-state index in [0.717, 1.165) is 17.7 Å². The van der Waals surface area contributed by atoms with E-state index in [9.17, 15) is 4.39 Å². The number of hydrogen-bond donors (Lipinski definition) is 2. The highest BCUT2D eigenvalue weighted by molar-refractivity contribution is 14.0. The third-order valence-corrected chi connectivity index (χ3v) is 3.24. The van der Waals surface area contributed by atoms with Crippen molar-refractivity contribution >= 4 is 29.9 Å². The lowest BCUT2D eigenvalue weighted by Crippen LogP contribution is -2.38. The van der Waals surface area contributed by atoms with Crippen LogP contribution in [0.1, 0.15) is 11.3 Å². The number of halogens is 2. The Balaban J connectivity index is 0.00000312. The second-order valence-electron chi connectivity index (χ2n) is 5.09. The molecule has 0 amide bonds. The highest BCUT2D eigenvalue weighted by Gasteiger charge is 2.03. The molecule has 0 fully saturated rings. The summed E-state index contributed by atoms with van der Waals surface area (Å²) in [4.78, 5) is 4.46. The molecule has 0 atom stereocenters. The van der Waals surface area contributed by atoms with E-state index in [4.69, 9.17) is 9.15 Å². The van der Waals surface area contributed by atoms with Gasteiger partial charge in [0.15, 0.2) is 5.96 Å². The molecule has 2 aromatic rings. The van der Waals surface area contributed by atoms with Crippen molar-refractivity contribution in [3.05, 3.63) is 66.4 Å². The van der Waals surface area contributed by atoms with Crippen LogP contribution in [0.3, 0.4) is 0 Å². The lowest BCUT2D eigenvalue weighted by molar-refractivity contribution is 0.410. The topological polar surface area (TPSA) is 58.8 Å². The maximum absolute atomic E-state index is 13.5. The summed E-state index contributed by atoms with van der Waals surface area (Å²) in [6.07, 6.45) is 4.14. The average molecular weight is 459 g/mol. The minimum absolute atomic E-state index is 0. The summed E-state index contributed by atoms with van der Waals surface area (Å²) in [5.41, 5.74) is 0.734. The van der Waals surface area contributed by atoms with Crippen molar-refractivity contribution in [3.8, 4) is 5.75 Å². The maximum atomic E-state index is 13.5. The van der Waals surface area contributed by atoms with Crippen LogP contribution in [0, 0.1) is 5.82 Å². The zero-order valence-corrected chi connectivity index (χ0v) is 16.5. The Morgan fingerprint density at radius 1 is 1.36 bits per heavy atom. The van der Waals surface area contributed by atoms with Gasteiger partial charge in [-0.05, 0) is 29.8 Å². The molecule has 7 heteroatoms. The zero-order valence-electron chi connectivity index (χ0n) is 14.1. The molecule has 0 bridgehead atoms. The Labute approximate surface area is 164 Å². The lowest BCUT2D eigenvalue weighted by atomic mass is 10.2. The number of aliphatic imine (C=N–C) groups is 1. The minimum atomic E-state index is -0.342. The number of nitrogens with zero attached hydrogens (tertiary/aromatic N) is 1. The van der Waals surface area contributed by atoms with Gasteiger partial charge in [-0.1, -0.05) is 6.08 Å². The van der Waals surface area contributed by atoms with Crippen molar-refractivity contribution < 1.29 is 13.5 Å². The summed E-state index contributed by atoms with van der Waals surface area (Å²) in [5, 5.41) is 6.34. The predicted octanol–water partition coefficient (Wildman–Crippen LogP) is 3.51. The Kier molecular flexibility index (Phi) is 9.68. The van der Waals surface area contributed by atoms with Gasteiger partial charge in [-0.25, -0.2) is 9.38 Å². The molecule has 5 nitrogen and oxygen atoms in total. The summed E-state index contributed by atoms with van der Waals surface area (Å²) in [6.45, 7) is 5.27. The van der Waals surface area contributed by atoms with E-state index < -0.39 is 0 Å². The first-order valence-corrected chi connectivity index (χ1v) is 7.70. The summed E-state index contributed by atoms with van der Waals surface area (Å²) in [7, 11) is 1.51. The van der Waals surface area contributed by atoms with Crippen molar-refractivity contribution in [2.75, 3.05) is 20.2 Å². The highest BCUT2D eigenvalue weighted by Crippen LogP contribution is 2.16. The Bertz CT molecular complexity index is 675. The van der Waals surface area contributed by atoms with Crippen LogP contribution in [0.4, 0.5) is 4.39 Å². The smallest absolute Gasteiger partial charge is 0.191 e. The monoisotopic (exact) mass is 459 g/mol. The number of benzene rings is 1. The van der Waals surface area contributed by atoms with Gasteiger partial charge in [0, 0.05) is 25.6 Å². The summed E-state index contributed by atoms with van der Waals surface area (Å²) < 4.78 is 23.9. The first-order valence-electron chi connectivity index (χ1n) is 7.70. The molecule has 0 aliphatic rings. The molecular weight excluding hydrogens is 436 g/mol. The Hall–Kier alpha value is -2.03. The number of methoxy groups -OCH3 is 1. The fraction of sp³-hybridized carbons (Fsp3) is 0.278. The molecule has 0 saturated carbocycles. The molecule has 0 aliphatic heterocycles. The molecule has 2 rings (SSSR count). The first-order chi connectivity index (χ1) is 11.7. The van der Waals surface area contributed by atoms with Crippen molar-refractivity contribution in [3.63, 3.8) is 0 Å². The highest BCUT2D eigenvalue weighted by atomic mass is 127. The van der Waals surface area contributed by atoms with Gasteiger partial charge in [0.2, 0.25) is 0 Å². The summed E-state index contributed by atoms with van der Waals surface area (Å²) in [5.74, 6) is 1.67. The minimum Gasteiger partial charge on any atom is -0.497 e. The molecule has 1 heterocycles. The molecular formula is C18H23FIN3O2. The fourth-order valence-corrected chi connectivity index (χ4v) is 2.10. The first kappa shape index (κ1) is 21.0. The third-order valence-electron chi connectivity index (χ3n) is 3.24. The normalized spacial score (nSPS) is 10.7. The van der Waals surface area contributed by atoms with E-state index in [0.29, 0.717) is 31.3 Å². The van der Waals surface area contributed by atoms with E-state index in [1.807, 2.05) is 12.1 Å². The number of guanidine groups is 1. The van der Waals surface area contributed by atoms with Crippen LogP contribution in [0.25, 0.3) is 0 Å². The van der Waals surface area contributed by atoms with Gasteiger partial charge in [-0.2, -0.15) is 0 Å². The second kappa shape index (κ2) is 11.5. The molecule has 0 radical (unpaired) electrons. The number of hydrogen-bond acceptors (Lipinski definition) is 3. The summed E-state index contributed by atoms with van der Waals surface area (Å²) in [6, 6.07) is 8.33.